The number of benzene rings is 2. The molecule has 174 valence electrons. The van der Waals surface area contributed by atoms with E-state index in [9.17, 15) is 13.2 Å². The molecule has 4 rings (SSSR count). The molecule has 1 unspecified atom stereocenters. The standard InChI is InChI=1S/C23H26N4O4S2/c1-16(22(28)17-7-9-18(10-8-17)26-33(2,29)30)32-23-19-5-3-4-6-20(19)24-21(25-23)15-27-11-13-31-14-12-27/h3-10,16,26H,11-15H2,1-2H3. The quantitative estimate of drug-likeness (QED) is 0.294. The van der Waals surface area contributed by atoms with E-state index in [1.54, 1.807) is 24.3 Å². The maximum atomic E-state index is 13.1. The molecule has 1 aliphatic rings. The first kappa shape index (κ1) is 23.6. The van der Waals surface area contributed by atoms with Gasteiger partial charge in [0.2, 0.25) is 10.0 Å². The van der Waals surface area contributed by atoms with E-state index in [2.05, 4.69) is 9.62 Å². The molecule has 1 saturated heterocycles. The van der Waals surface area contributed by atoms with Crippen molar-refractivity contribution in [3.8, 4) is 0 Å². The van der Waals surface area contributed by atoms with E-state index in [1.807, 2.05) is 31.2 Å². The van der Waals surface area contributed by atoms with Crippen molar-refractivity contribution < 1.29 is 17.9 Å². The van der Waals surface area contributed by atoms with Gasteiger partial charge in [-0.25, -0.2) is 18.4 Å². The van der Waals surface area contributed by atoms with Crippen LogP contribution in [0.2, 0.25) is 0 Å². The summed E-state index contributed by atoms with van der Waals surface area (Å²) in [6, 6.07) is 14.3. The normalized spacial score (nSPS) is 15.9. The van der Waals surface area contributed by atoms with Crippen LogP contribution in [0.25, 0.3) is 10.9 Å². The molecule has 3 aromatic rings. The molecule has 0 bridgehead atoms. The van der Waals surface area contributed by atoms with E-state index in [1.165, 1.54) is 11.8 Å². The van der Waals surface area contributed by atoms with Crippen LogP contribution in [-0.2, 0) is 21.3 Å². The van der Waals surface area contributed by atoms with Crippen LogP contribution >= 0.6 is 11.8 Å². The lowest BCUT2D eigenvalue weighted by Crippen LogP contribution is -2.36. The Hall–Kier alpha value is -2.53. The summed E-state index contributed by atoms with van der Waals surface area (Å²) in [5, 5.41) is 1.31. The van der Waals surface area contributed by atoms with E-state index in [4.69, 9.17) is 14.7 Å². The number of ketones is 1. The van der Waals surface area contributed by atoms with Crippen LogP contribution in [0.3, 0.4) is 0 Å². The first-order chi connectivity index (χ1) is 15.8. The lowest BCUT2D eigenvalue weighted by atomic mass is 10.1. The second kappa shape index (κ2) is 10.2. The van der Waals surface area contributed by atoms with Crippen LogP contribution in [0.5, 0.6) is 0 Å². The number of ether oxygens (including phenoxy) is 1. The van der Waals surface area contributed by atoms with Gasteiger partial charge in [-0.15, -0.1) is 0 Å². The van der Waals surface area contributed by atoms with E-state index < -0.39 is 10.0 Å². The SMILES string of the molecule is CC(Sc1nc(CN2CCOCC2)nc2ccccc12)C(=O)c1ccc(NS(C)(=O)=O)cc1. The number of hydrogen-bond donors (Lipinski definition) is 1. The molecule has 1 aliphatic heterocycles. The fourth-order valence-electron chi connectivity index (χ4n) is 3.59. The Kier molecular flexibility index (Phi) is 7.28. The molecular formula is C23H26N4O4S2. The highest BCUT2D eigenvalue weighted by Crippen LogP contribution is 2.30. The first-order valence-electron chi connectivity index (χ1n) is 10.6. The Morgan fingerprint density at radius 1 is 1.12 bits per heavy atom. The summed E-state index contributed by atoms with van der Waals surface area (Å²) < 4.78 is 30.6. The fourth-order valence-corrected chi connectivity index (χ4v) is 5.19. The molecule has 2 aromatic carbocycles. The van der Waals surface area contributed by atoms with Gasteiger partial charge in [0.15, 0.2) is 5.78 Å². The highest BCUT2D eigenvalue weighted by molar-refractivity contribution is 8.00. The second-order valence-corrected chi connectivity index (χ2v) is 11.0. The van der Waals surface area contributed by atoms with Crippen molar-refractivity contribution in [2.75, 3.05) is 37.3 Å². The number of fused-ring (bicyclic) bond motifs is 1. The maximum Gasteiger partial charge on any atom is 0.229 e. The topological polar surface area (TPSA) is 101 Å². The lowest BCUT2D eigenvalue weighted by Gasteiger charge is -2.26. The van der Waals surface area contributed by atoms with E-state index in [0.29, 0.717) is 31.0 Å². The molecule has 1 atom stereocenters. The Labute approximate surface area is 197 Å². The molecule has 0 aliphatic carbocycles. The van der Waals surface area contributed by atoms with E-state index >= 15 is 0 Å². The van der Waals surface area contributed by atoms with Crippen molar-refractivity contribution in [1.29, 1.82) is 0 Å². The Bertz CT molecular complexity index is 1240. The molecule has 8 nitrogen and oxygen atoms in total. The lowest BCUT2D eigenvalue weighted by molar-refractivity contribution is 0.0330. The number of sulfonamides is 1. The summed E-state index contributed by atoms with van der Waals surface area (Å²) in [7, 11) is -3.37. The third kappa shape index (κ3) is 6.29. The zero-order chi connectivity index (χ0) is 23.4. The van der Waals surface area contributed by atoms with Crippen LogP contribution in [0, 0.1) is 0 Å². The zero-order valence-electron chi connectivity index (χ0n) is 18.5. The van der Waals surface area contributed by atoms with Crippen LogP contribution in [0.15, 0.2) is 53.6 Å². The van der Waals surface area contributed by atoms with Gasteiger partial charge in [0.05, 0.1) is 36.8 Å². The van der Waals surface area contributed by atoms with Crippen molar-refractivity contribution in [1.82, 2.24) is 14.9 Å². The first-order valence-corrected chi connectivity index (χ1v) is 13.4. The smallest absolute Gasteiger partial charge is 0.229 e. The number of para-hydroxylation sites is 1. The average Bonchev–Trinajstić information content (AvgIpc) is 2.79. The van der Waals surface area contributed by atoms with Gasteiger partial charge in [-0.3, -0.25) is 14.4 Å². The number of carbonyl (C=O) groups excluding carboxylic acids is 1. The summed E-state index contributed by atoms with van der Waals surface area (Å²) >= 11 is 1.41. The minimum absolute atomic E-state index is 0.0525. The number of Topliss-reactive ketones (excluding diaryl/α,β-unsaturated/α-hetero) is 1. The molecule has 1 aromatic heterocycles. The highest BCUT2D eigenvalue weighted by atomic mass is 32.2. The third-order valence-electron chi connectivity index (χ3n) is 5.21. The van der Waals surface area contributed by atoms with Crippen molar-refractivity contribution in [2.45, 2.75) is 23.7 Å². The minimum Gasteiger partial charge on any atom is -0.379 e. The van der Waals surface area contributed by atoms with Crippen LogP contribution < -0.4 is 4.72 Å². The number of anilines is 1. The number of aromatic nitrogens is 2. The van der Waals surface area contributed by atoms with Crippen LogP contribution in [0.4, 0.5) is 5.69 Å². The maximum absolute atomic E-state index is 13.1. The molecule has 1 fully saturated rings. The molecule has 10 heteroatoms. The number of nitrogens with one attached hydrogen (secondary N) is 1. The predicted octanol–water partition coefficient (Wildman–Crippen LogP) is 3.20. The van der Waals surface area contributed by atoms with Gasteiger partial charge < -0.3 is 4.74 Å². The molecule has 33 heavy (non-hydrogen) atoms. The monoisotopic (exact) mass is 486 g/mol. The van der Waals surface area contributed by atoms with Crippen LogP contribution in [-0.4, -0.2) is 66.9 Å². The van der Waals surface area contributed by atoms with E-state index in [0.717, 1.165) is 41.1 Å². The zero-order valence-corrected chi connectivity index (χ0v) is 20.2. The molecule has 0 saturated carbocycles. The molecule has 0 radical (unpaired) electrons. The Balaban J connectivity index is 1.53. The number of rotatable bonds is 8. The Morgan fingerprint density at radius 2 is 1.82 bits per heavy atom. The molecule has 0 amide bonds. The Morgan fingerprint density at radius 3 is 2.52 bits per heavy atom. The highest BCUT2D eigenvalue weighted by Gasteiger charge is 2.20. The largest absolute Gasteiger partial charge is 0.379 e. The van der Waals surface area contributed by atoms with Gasteiger partial charge in [0.1, 0.15) is 10.9 Å². The molecule has 1 N–H and O–H groups in total. The number of carbonyl (C=O) groups is 1. The van der Waals surface area contributed by atoms with Gasteiger partial charge in [0, 0.05) is 29.7 Å². The predicted molar refractivity (Wildman–Crippen MR) is 130 cm³/mol. The minimum atomic E-state index is -3.37. The summed E-state index contributed by atoms with van der Waals surface area (Å²) in [6.45, 7) is 5.60. The van der Waals surface area contributed by atoms with Crippen molar-refractivity contribution in [3.63, 3.8) is 0 Å². The molecular weight excluding hydrogens is 460 g/mol. The van der Waals surface area contributed by atoms with Gasteiger partial charge in [-0.05, 0) is 37.3 Å². The molecule has 0 spiro atoms. The average molecular weight is 487 g/mol. The molecule has 2 heterocycles. The van der Waals surface area contributed by atoms with Gasteiger partial charge in [-0.2, -0.15) is 0 Å². The third-order valence-corrected chi connectivity index (χ3v) is 6.92. The summed E-state index contributed by atoms with van der Waals surface area (Å²) in [5.74, 6) is 0.678. The fraction of sp³-hybridized carbons (Fsp3) is 0.348. The van der Waals surface area contributed by atoms with E-state index in [-0.39, 0.29) is 11.0 Å². The summed E-state index contributed by atoms with van der Waals surface area (Å²) in [4.78, 5) is 24.9. The summed E-state index contributed by atoms with van der Waals surface area (Å²) in [6.07, 6.45) is 1.09. The second-order valence-electron chi connectivity index (χ2n) is 7.93. The van der Waals surface area contributed by atoms with Crippen molar-refractivity contribution in [2.24, 2.45) is 0 Å². The van der Waals surface area contributed by atoms with Crippen molar-refractivity contribution >= 4 is 44.2 Å². The van der Waals surface area contributed by atoms with Gasteiger partial charge in [0.25, 0.3) is 0 Å². The number of morpholine rings is 1. The summed E-state index contributed by atoms with van der Waals surface area (Å²) in [5.41, 5.74) is 1.79. The van der Waals surface area contributed by atoms with Crippen LogP contribution in [0.1, 0.15) is 23.1 Å². The number of nitrogens with zero attached hydrogens (tertiary/aromatic N) is 3. The van der Waals surface area contributed by atoms with Gasteiger partial charge in [-0.1, -0.05) is 30.0 Å². The van der Waals surface area contributed by atoms with Crippen molar-refractivity contribution in [3.05, 3.63) is 59.9 Å². The van der Waals surface area contributed by atoms with Gasteiger partial charge >= 0.3 is 0 Å². The number of hydrogen-bond acceptors (Lipinski definition) is 8. The number of thioether (sulfide) groups is 1.